The molecule has 3 heteroatoms. The highest BCUT2D eigenvalue weighted by atomic mass is 16.5. The molecule has 0 aliphatic heterocycles. The van der Waals surface area contributed by atoms with Crippen LogP contribution in [0.5, 0.6) is 5.75 Å². The van der Waals surface area contributed by atoms with Crippen molar-refractivity contribution in [2.24, 2.45) is 0 Å². The second-order valence-electron chi connectivity index (χ2n) is 6.01. The molecule has 19 heavy (non-hydrogen) atoms. The number of nitrogens with one attached hydrogen (secondary N) is 1. The van der Waals surface area contributed by atoms with E-state index in [4.69, 9.17) is 4.74 Å². The molecule has 0 aliphatic carbocycles. The Morgan fingerprint density at radius 3 is 2.58 bits per heavy atom. The lowest BCUT2D eigenvalue weighted by atomic mass is 10.1. The van der Waals surface area contributed by atoms with Gasteiger partial charge in [0.15, 0.2) is 0 Å². The normalized spacial score (nSPS) is 11.4. The molecule has 1 aromatic carbocycles. The van der Waals surface area contributed by atoms with Gasteiger partial charge in [0.25, 0.3) is 0 Å². The predicted molar refractivity (Wildman–Crippen MR) is 83.3 cm³/mol. The monoisotopic (exact) mass is 264 g/mol. The lowest BCUT2D eigenvalue weighted by molar-refractivity contribution is 0.414. The average Bonchev–Trinajstić information content (AvgIpc) is 2.37. The van der Waals surface area contributed by atoms with E-state index in [0.29, 0.717) is 0 Å². The number of benzene rings is 1. The SMILES string of the molecule is COc1cccc(N(C)CCCCNC(C)(C)C)c1. The summed E-state index contributed by atoms with van der Waals surface area (Å²) in [5.41, 5.74) is 1.43. The number of methoxy groups -OCH3 is 1. The van der Waals surface area contributed by atoms with E-state index in [2.05, 4.69) is 50.2 Å². The first-order valence-electron chi connectivity index (χ1n) is 7.02. The van der Waals surface area contributed by atoms with Crippen LogP contribution in [0.15, 0.2) is 24.3 Å². The summed E-state index contributed by atoms with van der Waals surface area (Å²) < 4.78 is 5.25. The van der Waals surface area contributed by atoms with Crippen molar-refractivity contribution in [3.05, 3.63) is 24.3 Å². The van der Waals surface area contributed by atoms with E-state index in [-0.39, 0.29) is 5.54 Å². The number of anilines is 1. The molecule has 0 aromatic heterocycles. The van der Waals surface area contributed by atoms with Crippen LogP contribution >= 0.6 is 0 Å². The third kappa shape index (κ3) is 6.48. The van der Waals surface area contributed by atoms with E-state index in [1.165, 1.54) is 18.5 Å². The van der Waals surface area contributed by atoms with Gasteiger partial charge in [-0.3, -0.25) is 0 Å². The molecule has 1 aromatic rings. The first kappa shape index (κ1) is 15.8. The Hall–Kier alpha value is -1.22. The smallest absolute Gasteiger partial charge is 0.120 e. The number of nitrogens with zero attached hydrogens (tertiary/aromatic N) is 1. The number of rotatable bonds is 7. The second kappa shape index (κ2) is 7.39. The molecule has 0 bridgehead atoms. The van der Waals surface area contributed by atoms with Gasteiger partial charge in [-0.1, -0.05) is 6.07 Å². The Bertz CT molecular complexity index is 371. The molecule has 0 spiro atoms. The highest BCUT2D eigenvalue weighted by Crippen LogP contribution is 2.20. The third-order valence-electron chi connectivity index (χ3n) is 3.07. The Labute approximate surface area is 118 Å². The van der Waals surface area contributed by atoms with Gasteiger partial charge in [0, 0.05) is 30.9 Å². The molecule has 0 radical (unpaired) electrons. The number of hydrogen-bond donors (Lipinski definition) is 1. The summed E-state index contributed by atoms with van der Waals surface area (Å²) in [6.07, 6.45) is 2.39. The van der Waals surface area contributed by atoms with Crippen LogP contribution in [0.2, 0.25) is 0 Å². The summed E-state index contributed by atoms with van der Waals surface area (Å²) in [5.74, 6) is 0.916. The summed E-state index contributed by atoms with van der Waals surface area (Å²) >= 11 is 0. The van der Waals surface area contributed by atoms with Crippen LogP contribution in [0.25, 0.3) is 0 Å². The van der Waals surface area contributed by atoms with Crippen molar-refractivity contribution in [1.82, 2.24) is 5.32 Å². The molecule has 0 atom stereocenters. The Morgan fingerprint density at radius 1 is 1.21 bits per heavy atom. The van der Waals surface area contributed by atoms with Crippen molar-refractivity contribution in [1.29, 1.82) is 0 Å². The molecule has 1 N–H and O–H groups in total. The predicted octanol–water partition coefficient (Wildman–Crippen LogP) is 3.30. The van der Waals surface area contributed by atoms with Crippen LogP contribution in [-0.2, 0) is 0 Å². The molecule has 0 unspecified atom stereocenters. The zero-order valence-electron chi connectivity index (χ0n) is 13.0. The van der Waals surface area contributed by atoms with E-state index in [1.807, 2.05) is 12.1 Å². The fourth-order valence-electron chi connectivity index (χ4n) is 1.91. The summed E-state index contributed by atoms with van der Waals surface area (Å²) in [5, 5.41) is 3.52. The fraction of sp³-hybridized carbons (Fsp3) is 0.625. The molecule has 0 amide bonds. The zero-order chi connectivity index (χ0) is 14.3. The van der Waals surface area contributed by atoms with Crippen molar-refractivity contribution in [2.45, 2.75) is 39.2 Å². The summed E-state index contributed by atoms with van der Waals surface area (Å²) in [6, 6.07) is 8.21. The van der Waals surface area contributed by atoms with Gasteiger partial charge in [0.05, 0.1) is 7.11 Å². The van der Waals surface area contributed by atoms with Gasteiger partial charge in [-0.25, -0.2) is 0 Å². The maximum atomic E-state index is 5.25. The van der Waals surface area contributed by atoms with Crippen LogP contribution < -0.4 is 15.0 Å². The van der Waals surface area contributed by atoms with Gasteiger partial charge in [-0.15, -0.1) is 0 Å². The van der Waals surface area contributed by atoms with Crippen molar-refractivity contribution in [3.8, 4) is 5.75 Å². The number of hydrogen-bond acceptors (Lipinski definition) is 3. The highest BCUT2D eigenvalue weighted by molar-refractivity contribution is 5.49. The Balaban J connectivity index is 2.29. The fourth-order valence-corrected chi connectivity index (χ4v) is 1.91. The van der Waals surface area contributed by atoms with E-state index in [0.717, 1.165) is 18.8 Å². The zero-order valence-corrected chi connectivity index (χ0v) is 13.0. The van der Waals surface area contributed by atoms with E-state index in [9.17, 15) is 0 Å². The van der Waals surface area contributed by atoms with Crippen LogP contribution in [0, 0.1) is 0 Å². The van der Waals surface area contributed by atoms with Crippen molar-refractivity contribution >= 4 is 5.69 Å². The number of ether oxygens (including phenoxy) is 1. The molecule has 0 heterocycles. The van der Waals surface area contributed by atoms with Crippen molar-refractivity contribution in [2.75, 3.05) is 32.1 Å². The topological polar surface area (TPSA) is 24.5 Å². The largest absolute Gasteiger partial charge is 0.497 e. The Kier molecular flexibility index (Phi) is 6.16. The molecule has 3 nitrogen and oxygen atoms in total. The van der Waals surface area contributed by atoms with Crippen LogP contribution in [-0.4, -0.2) is 32.8 Å². The van der Waals surface area contributed by atoms with Crippen molar-refractivity contribution in [3.63, 3.8) is 0 Å². The molecule has 1 rings (SSSR count). The van der Waals surface area contributed by atoms with Crippen LogP contribution in [0.3, 0.4) is 0 Å². The molecule has 0 saturated heterocycles. The minimum Gasteiger partial charge on any atom is -0.497 e. The molecule has 0 saturated carbocycles. The summed E-state index contributed by atoms with van der Waals surface area (Å²) in [7, 11) is 3.84. The second-order valence-corrected chi connectivity index (χ2v) is 6.01. The first-order valence-corrected chi connectivity index (χ1v) is 7.02. The van der Waals surface area contributed by atoms with Gasteiger partial charge in [0.1, 0.15) is 5.75 Å². The number of unbranched alkanes of at least 4 members (excludes halogenated alkanes) is 1. The van der Waals surface area contributed by atoms with Crippen molar-refractivity contribution < 1.29 is 4.74 Å². The van der Waals surface area contributed by atoms with Gasteiger partial charge in [-0.05, 0) is 52.3 Å². The lowest BCUT2D eigenvalue weighted by Crippen LogP contribution is -2.36. The maximum absolute atomic E-state index is 5.25. The standard InChI is InChI=1S/C16H28N2O/c1-16(2,3)17-11-6-7-12-18(4)14-9-8-10-15(13-14)19-5/h8-10,13,17H,6-7,11-12H2,1-5H3. The van der Waals surface area contributed by atoms with E-state index in [1.54, 1.807) is 7.11 Å². The molecule has 108 valence electrons. The molecular weight excluding hydrogens is 236 g/mol. The van der Waals surface area contributed by atoms with Crippen LogP contribution in [0.1, 0.15) is 33.6 Å². The van der Waals surface area contributed by atoms with E-state index < -0.39 is 0 Å². The van der Waals surface area contributed by atoms with Crippen LogP contribution in [0.4, 0.5) is 5.69 Å². The summed E-state index contributed by atoms with van der Waals surface area (Å²) in [6.45, 7) is 8.76. The molecule has 0 aliphatic rings. The minimum atomic E-state index is 0.221. The average molecular weight is 264 g/mol. The molecule has 0 fully saturated rings. The van der Waals surface area contributed by atoms with Gasteiger partial charge in [0.2, 0.25) is 0 Å². The highest BCUT2D eigenvalue weighted by Gasteiger charge is 2.07. The van der Waals surface area contributed by atoms with Gasteiger partial charge < -0.3 is 15.0 Å². The minimum absolute atomic E-state index is 0.221. The van der Waals surface area contributed by atoms with Gasteiger partial charge in [-0.2, -0.15) is 0 Å². The third-order valence-corrected chi connectivity index (χ3v) is 3.07. The lowest BCUT2D eigenvalue weighted by Gasteiger charge is -2.22. The molecular formula is C16H28N2O. The summed E-state index contributed by atoms with van der Waals surface area (Å²) in [4.78, 5) is 2.28. The van der Waals surface area contributed by atoms with E-state index >= 15 is 0 Å². The maximum Gasteiger partial charge on any atom is 0.120 e. The first-order chi connectivity index (χ1) is 8.92. The Morgan fingerprint density at radius 2 is 1.95 bits per heavy atom. The quantitative estimate of drug-likeness (QED) is 0.765. The van der Waals surface area contributed by atoms with Gasteiger partial charge >= 0.3 is 0 Å².